The summed E-state index contributed by atoms with van der Waals surface area (Å²) >= 11 is 0. The molecule has 3 N–H and O–H groups in total. The van der Waals surface area contributed by atoms with Crippen molar-refractivity contribution in [3.8, 4) is 0 Å². The van der Waals surface area contributed by atoms with Gasteiger partial charge in [0.25, 0.3) is 0 Å². The second-order valence-corrected chi connectivity index (χ2v) is 6.10. The highest BCUT2D eigenvalue weighted by Crippen LogP contribution is 2.06. The van der Waals surface area contributed by atoms with Crippen LogP contribution in [0.4, 0.5) is 0 Å². The maximum absolute atomic E-state index is 12.3. The first-order chi connectivity index (χ1) is 12.3. The number of esters is 2. The van der Waals surface area contributed by atoms with Crippen molar-refractivity contribution in [2.24, 2.45) is 11.7 Å². The van der Waals surface area contributed by atoms with Gasteiger partial charge in [0.15, 0.2) is 0 Å². The van der Waals surface area contributed by atoms with E-state index in [1.165, 1.54) is 6.08 Å². The Balaban J connectivity index is 2.74. The van der Waals surface area contributed by atoms with Crippen LogP contribution in [-0.4, -0.2) is 36.5 Å². The van der Waals surface area contributed by atoms with Crippen LogP contribution in [0.2, 0.25) is 0 Å². The van der Waals surface area contributed by atoms with Crippen molar-refractivity contribution in [2.45, 2.75) is 39.0 Å². The van der Waals surface area contributed by atoms with E-state index in [0.717, 1.165) is 5.56 Å². The molecule has 0 saturated carbocycles. The third-order valence-electron chi connectivity index (χ3n) is 3.58. The quantitative estimate of drug-likeness (QED) is 0.480. The van der Waals surface area contributed by atoms with E-state index in [1.807, 2.05) is 18.2 Å². The van der Waals surface area contributed by atoms with E-state index in [-0.39, 0.29) is 25.6 Å². The molecule has 0 spiro atoms. The lowest BCUT2D eigenvalue weighted by Gasteiger charge is -2.21. The van der Waals surface area contributed by atoms with Crippen LogP contribution in [0.3, 0.4) is 0 Å². The minimum absolute atomic E-state index is 0.0179. The van der Waals surface area contributed by atoms with Gasteiger partial charge in [-0.1, -0.05) is 56.8 Å². The SMILES string of the molecule is C=CCOC(=O)C[C@H](NC(=O)[C@@H](N)C(C)C)C(=O)OCc1ccccc1. The Hall–Kier alpha value is -2.67. The molecular weight excluding hydrogens is 336 g/mol. The topological polar surface area (TPSA) is 108 Å². The second-order valence-electron chi connectivity index (χ2n) is 6.10. The standard InChI is InChI=1S/C19H26N2O5/c1-4-10-25-16(22)11-15(21-18(23)17(20)13(2)3)19(24)26-12-14-8-6-5-7-9-14/h4-9,13,15,17H,1,10-12,20H2,2-3H3,(H,21,23)/t15-,17-/m0/s1. The highest BCUT2D eigenvalue weighted by Gasteiger charge is 2.29. The van der Waals surface area contributed by atoms with Gasteiger partial charge >= 0.3 is 11.9 Å². The van der Waals surface area contributed by atoms with Crippen molar-refractivity contribution < 1.29 is 23.9 Å². The molecular formula is C19H26N2O5. The number of ether oxygens (including phenoxy) is 2. The summed E-state index contributed by atoms with van der Waals surface area (Å²) in [6.45, 7) is 7.06. The molecule has 0 saturated heterocycles. The van der Waals surface area contributed by atoms with E-state index >= 15 is 0 Å². The predicted molar refractivity (Wildman–Crippen MR) is 96.8 cm³/mol. The van der Waals surface area contributed by atoms with E-state index in [2.05, 4.69) is 11.9 Å². The van der Waals surface area contributed by atoms with Crippen molar-refractivity contribution in [3.63, 3.8) is 0 Å². The Morgan fingerprint density at radius 3 is 2.42 bits per heavy atom. The molecule has 0 aliphatic carbocycles. The van der Waals surface area contributed by atoms with E-state index in [1.54, 1.807) is 26.0 Å². The van der Waals surface area contributed by atoms with Crippen molar-refractivity contribution in [1.29, 1.82) is 0 Å². The fourth-order valence-corrected chi connectivity index (χ4v) is 1.97. The Bertz CT molecular complexity index is 616. The third-order valence-corrected chi connectivity index (χ3v) is 3.58. The van der Waals surface area contributed by atoms with Crippen LogP contribution in [0.15, 0.2) is 43.0 Å². The number of nitrogens with two attached hydrogens (primary N) is 1. The van der Waals surface area contributed by atoms with Gasteiger partial charge in [-0.05, 0) is 11.5 Å². The lowest BCUT2D eigenvalue weighted by atomic mass is 10.0. The summed E-state index contributed by atoms with van der Waals surface area (Å²) in [6, 6.07) is 7.10. The number of nitrogens with one attached hydrogen (secondary N) is 1. The summed E-state index contributed by atoms with van der Waals surface area (Å²) in [4.78, 5) is 36.3. The molecule has 142 valence electrons. The van der Waals surface area contributed by atoms with Crippen LogP contribution in [0.5, 0.6) is 0 Å². The highest BCUT2D eigenvalue weighted by molar-refractivity contribution is 5.90. The lowest BCUT2D eigenvalue weighted by Crippen LogP contribution is -2.51. The molecule has 2 atom stereocenters. The first-order valence-corrected chi connectivity index (χ1v) is 8.38. The van der Waals surface area contributed by atoms with Crippen LogP contribution in [0.25, 0.3) is 0 Å². The molecule has 0 fully saturated rings. The average Bonchev–Trinajstić information content (AvgIpc) is 2.63. The Labute approximate surface area is 153 Å². The molecule has 0 aromatic heterocycles. The van der Waals surface area contributed by atoms with Gasteiger partial charge in [0.05, 0.1) is 12.5 Å². The molecule has 0 heterocycles. The minimum Gasteiger partial charge on any atom is -0.461 e. The molecule has 1 rings (SSSR count). The van der Waals surface area contributed by atoms with Crippen molar-refractivity contribution >= 4 is 17.8 Å². The van der Waals surface area contributed by atoms with Gasteiger partial charge in [0, 0.05) is 0 Å². The van der Waals surface area contributed by atoms with Gasteiger partial charge in [0.1, 0.15) is 19.3 Å². The molecule has 7 nitrogen and oxygen atoms in total. The van der Waals surface area contributed by atoms with Crippen molar-refractivity contribution in [1.82, 2.24) is 5.32 Å². The first-order valence-electron chi connectivity index (χ1n) is 8.38. The minimum atomic E-state index is -1.17. The number of amides is 1. The lowest BCUT2D eigenvalue weighted by molar-refractivity contribution is -0.154. The highest BCUT2D eigenvalue weighted by atomic mass is 16.5. The molecule has 7 heteroatoms. The Morgan fingerprint density at radius 1 is 1.19 bits per heavy atom. The molecule has 0 radical (unpaired) electrons. The van der Waals surface area contributed by atoms with Gasteiger partial charge < -0.3 is 20.5 Å². The first kappa shape index (κ1) is 21.4. The molecule has 0 aliphatic rings. The maximum atomic E-state index is 12.3. The predicted octanol–water partition coefficient (Wildman–Crippen LogP) is 1.32. The van der Waals surface area contributed by atoms with Crippen molar-refractivity contribution in [3.05, 3.63) is 48.6 Å². The van der Waals surface area contributed by atoms with Gasteiger partial charge in [-0.2, -0.15) is 0 Å². The zero-order chi connectivity index (χ0) is 19.5. The number of hydrogen-bond donors (Lipinski definition) is 2. The zero-order valence-corrected chi connectivity index (χ0v) is 15.1. The van der Waals surface area contributed by atoms with Gasteiger partial charge in [-0.3, -0.25) is 9.59 Å². The number of carbonyl (C=O) groups excluding carboxylic acids is 3. The van der Waals surface area contributed by atoms with E-state index in [4.69, 9.17) is 15.2 Å². The Morgan fingerprint density at radius 2 is 1.85 bits per heavy atom. The molecule has 1 aromatic carbocycles. The number of carbonyl (C=O) groups is 3. The molecule has 26 heavy (non-hydrogen) atoms. The van der Waals surface area contributed by atoms with E-state index < -0.39 is 29.9 Å². The summed E-state index contributed by atoms with van der Waals surface area (Å²) in [6.07, 6.45) is 1.06. The normalized spacial score (nSPS) is 12.8. The zero-order valence-electron chi connectivity index (χ0n) is 15.1. The molecule has 1 aromatic rings. The smallest absolute Gasteiger partial charge is 0.329 e. The summed E-state index contributed by atoms with van der Waals surface area (Å²) in [7, 11) is 0. The summed E-state index contributed by atoms with van der Waals surface area (Å²) in [5.41, 5.74) is 6.58. The fourth-order valence-electron chi connectivity index (χ4n) is 1.97. The summed E-state index contributed by atoms with van der Waals surface area (Å²) < 4.78 is 10.1. The number of benzene rings is 1. The maximum Gasteiger partial charge on any atom is 0.329 e. The van der Waals surface area contributed by atoms with Gasteiger partial charge in [0.2, 0.25) is 5.91 Å². The van der Waals surface area contributed by atoms with Crippen LogP contribution in [0, 0.1) is 5.92 Å². The number of hydrogen-bond acceptors (Lipinski definition) is 6. The number of rotatable bonds is 10. The summed E-state index contributed by atoms with van der Waals surface area (Å²) in [5.74, 6) is -2.03. The van der Waals surface area contributed by atoms with E-state index in [0.29, 0.717) is 0 Å². The van der Waals surface area contributed by atoms with Crippen LogP contribution < -0.4 is 11.1 Å². The van der Waals surface area contributed by atoms with Crippen LogP contribution >= 0.6 is 0 Å². The average molecular weight is 362 g/mol. The molecule has 0 unspecified atom stereocenters. The second kappa shape index (κ2) is 11.0. The molecule has 0 aliphatic heterocycles. The fraction of sp³-hybridized carbons (Fsp3) is 0.421. The van der Waals surface area contributed by atoms with Crippen LogP contribution in [0.1, 0.15) is 25.8 Å². The van der Waals surface area contributed by atoms with E-state index in [9.17, 15) is 14.4 Å². The van der Waals surface area contributed by atoms with Crippen LogP contribution in [-0.2, 0) is 30.5 Å². The Kier molecular flexibility index (Phi) is 9.08. The monoisotopic (exact) mass is 362 g/mol. The molecule has 1 amide bonds. The van der Waals surface area contributed by atoms with Gasteiger partial charge in [-0.15, -0.1) is 0 Å². The van der Waals surface area contributed by atoms with Gasteiger partial charge in [-0.25, -0.2) is 4.79 Å². The van der Waals surface area contributed by atoms with Crippen molar-refractivity contribution in [2.75, 3.05) is 6.61 Å². The largest absolute Gasteiger partial charge is 0.461 e. The third kappa shape index (κ3) is 7.48. The molecule has 0 bridgehead atoms. The summed E-state index contributed by atoms with van der Waals surface area (Å²) in [5, 5.41) is 2.48.